The average Bonchev–Trinajstić information content (AvgIpc) is 2.66. The largest absolute Gasteiger partial charge is 0.491 e. The molecule has 0 saturated carbocycles. The highest BCUT2D eigenvalue weighted by molar-refractivity contribution is 5.73. The van der Waals surface area contributed by atoms with Crippen molar-refractivity contribution >= 4 is 5.97 Å². The molecule has 0 atom stereocenters. The minimum absolute atomic E-state index is 0.0578. The van der Waals surface area contributed by atoms with E-state index in [4.69, 9.17) is 9.47 Å². The molecule has 0 aliphatic carbocycles. The highest BCUT2D eigenvalue weighted by Gasteiger charge is 2.09. The zero-order valence-corrected chi connectivity index (χ0v) is 16.1. The summed E-state index contributed by atoms with van der Waals surface area (Å²) < 4.78 is 11.7. The average molecular weight is 376 g/mol. The molecule has 0 fully saturated rings. The van der Waals surface area contributed by atoms with Crippen molar-refractivity contribution in [1.82, 2.24) is 0 Å². The third kappa shape index (κ3) is 5.61. The van der Waals surface area contributed by atoms with Crippen LogP contribution >= 0.6 is 0 Å². The first-order valence-corrected chi connectivity index (χ1v) is 9.29. The zero-order chi connectivity index (χ0) is 19.9. The number of hydrogen-bond donors (Lipinski definition) is 1. The van der Waals surface area contributed by atoms with Crippen molar-refractivity contribution in [1.29, 1.82) is 0 Å². The molecule has 0 aliphatic heterocycles. The quantitative estimate of drug-likeness (QED) is 0.576. The van der Waals surface area contributed by atoms with Gasteiger partial charge in [0.15, 0.2) is 0 Å². The molecule has 0 unspecified atom stereocenters. The number of benzene rings is 3. The number of carbonyl (C=O) groups is 1. The fourth-order valence-electron chi connectivity index (χ4n) is 2.95. The summed E-state index contributed by atoms with van der Waals surface area (Å²) in [6, 6.07) is 23.3. The van der Waals surface area contributed by atoms with E-state index in [2.05, 4.69) is 0 Å². The van der Waals surface area contributed by atoms with Crippen molar-refractivity contribution in [3.05, 3.63) is 83.9 Å². The van der Waals surface area contributed by atoms with Gasteiger partial charge < -0.3 is 14.6 Å². The maximum Gasteiger partial charge on any atom is 0.307 e. The standard InChI is InChI=1S/C24H24O4/c1-17(2)28-22-10-6-9-20(14-22)21-11-19(13-24(25)26)12-23(15-21)27-16-18-7-4-3-5-8-18/h3-12,14-15,17H,13,16H2,1-2H3,(H,25,26). The summed E-state index contributed by atoms with van der Waals surface area (Å²) in [4.78, 5) is 11.2. The minimum Gasteiger partial charge on any atom is -0.491 e. The molecular formula is C24H24O4. The third-order valence-corrected chi connectivity index (χ3v) is 4.11. The number of rotatable bonds is 8. The summed E-state index contributed by atoms with van der Waals surface area (Å²) >= 11 is 0. The molecule has 3 rings (SSSR count). The van der Waals surface area contributed by atoms with Crippen LogP contribution in [0.1, 0.15) is 25.0 Å². The van der Waals surface area contributed by atoms with E-state index in [1.54, 1.807) is 6.07 Å². The van der Waals surface area contributed by atoms with E-state index in [-0.39, 0.29) is 12.5 Å². The Labute approximate surface area is 165 Å². The Hall–Kier alpha value is -3.27. The lowest BCUT2D eigenvalue weighted by Crippen LogP contribution is -2.05. The maximum atomic E-state index is 11.2. The van der Waals surface area contributed by atoms with Crippen LogP contribution in [-0.2, 0) is 17.8 Å². The number of aliphatic carboxylic acids is 1. The van der Waals surface area contributed by atoms with E-state index in [0.717, 1.165) is 22.4 Å². The van der Waals surface area contributed by atoms with E-state index in [9.17, 15) is 9.90 Å². The van der Waals surface area contributed by atoms with Gasteiger partial charge in [-0.25, -0.2) is 0 Å². The van der Waals surface area contributed by atoms with Crippen LogP contribution in [0.4, 0.5) is 0 Å². The highest BCUT2D eigenvalue weighted by atomic mass is 16.5. The minimum atomic E-state index is -0.872. The first-order valence-electron chi connectivity index (χ1n) is 9.29. The van der Waals surface area contributed by atoms with Crippen molar-refractivity contribution < 1.29 is 19.4 Å². The molecule has 144 valence electrons. The predicted octanol–water partition coefficient (Wildman–Crippen LogP) is 5.35. The lowest BCUT2D eigenvalue weighted by molar-refractivity contribution is -0.136. The summed E-state index contributed by atoms with van der Waals surface area (Å²) in [5.41, 5.74) is 3.61. The summed E-state index contributed by atoms with van der Waals surface area (Å²) in [6.07, 6.45) is 0.0240. The van der Waals surface area contributed by atoms with Crippen molar-refractivity contribution in [3.8, 4) is 22.6 Å². The van der Waals surface area contributed by atoms with Crippen molar-refractivity contribution in [3.63, 3.8) is 0 Å². The van der Waals surface area contributed by atoms with Gasteiger partial charge in [-0.05, 0) is 60.4 Å². The molecule has 0 heterocycles. The van der Waals surface area contributed by atoms with Gasteiger partial charge in [0.25, 0.3) is 0 Å². The highest BCUT2D eigenvalue weighted by Crippen LogP contribution is 2.29. The summed E-state index contributed by atoms with van der Waals surface area (Å²) in [7, 11) is 0. The molecule has 4 nitrogen and oxygen atoms in total. The summed E-state index contributed by atoms with van der Waals surface area (Å²) in [5, 5.41) is 9.21. The van der Waals surface area contributed by atoms with Gasteiger partial charge in [0, 0.05) is 0 Å². The monoisotopic (exact) mass is 376 g/mol. The van der Waals surface area contributed by atoms with Crippen LogP contribution in [0, 0.1) is 0 Å². The molecule has 3 aromatic rings. The van der Waals surface area contributed by atoms with Crippen molar-refractivity contribution in [2.75, 3.05) is 0 Å². The molecule has 0 saturated heterocycles. The van der Waals surface area contributed by atoms with Gasteiger partial charge in [0.2, 0.25) is 0 Å². The van der Waals surface area contributed by atoms with Crippen molar-refractivity contribution in [2.45, 2.75) is 33.0 Å². The van der Waals surface area contributed by atoms with Gasteiger partial charge in [0.05, 0.1) is 12.5 Å². The Balaban J connectivity index is 1.90. The molecule has 4 heteroatoms. The predicted molar refractivity (Wildman–Crippen MR) is 110 cm³/mol. The second-order valence-corrected chi connectivity index (χ2v) is 6.90. The molecule has 0 aromatic heterocycles. The second kappa shape index (κ2) is 9.09. The summed E-state index contributed by atoms with van der Waals surface area (Å²) in [6.45, 7) is 4.39. The molecule has 1 N–H and O–H groups in total. The molecule has 28 heavy (non-hydrogen) atoms. The smallest absolute Gasteiger partial charge is 0.307 e. The number of ether oxygens (including phenoxy) is 2. The van der Waals surface area contributed by atoms with E-state index in [1.807, 2.05) is 80.6 Å². The Morgan fingerprint density at radius 1 is 0.857 bits per heavy atom. The normalized spacial score (nSPS) is 10.7. The number of hydrogen-bond acceptors (Lipinski definition) is 3. The fraction of sp³-hybridized carbons (Fsp3) is 0.208. The van der Waals surface area contributed by atoms with E-state index >= 15 is 0 Å². The van der Waals surface area contributed by atoms with E-state index < -0.39 is 5.97 Å². The second-order valence-electron chi connectivity index (χ2n) is 6.90. The third-order valence-electron chi connectivity index (χ3n) is 4.11. The number of carboxylic acid groups (broad SMARTS) is 1. The fourth-order valence-corrected chi connectivity index (χ4v) is 2.95. The van der Waals surface area contributed by atoms with Crippen LogP contribution in [0.2, 0.25) is 0 Å². The van der Waals surface area contributed by atoms with Crippen LogP contribution in [0.25, 0.3) is 11.1 Å². The molecule has 0 radical (unpaired) electrons. The van der Waals surface area contributed by atoms with Crippen molar-refractivity contribution in [2.24, 2.45) is 0 Å². The molecule has 0 amide bonds. The van der Waals surface area contributed by atoms with Gasteiger partial charge in [-0.2, -0.15) is 0 Å². The van der Waals surface area contributed by atoms with Crippen LogP contribution in [0.3, 0.4) is 0 Å². The van der Waals surface area contributed by atoms with Crippen LogP contribution < -0.4 is 9.47 Å². The SMILES string of the molecule is CC(C)Oc1cccc(-c2cc(CC(=O)O)cc(OCc3ccccc3)c2)c1. The van der Waals surface area contributed by atoms with Gasteiger partial charge in [-0.1, -0.05) is 48.5 Å². The van der Waals surface area contributed by atoms with Gasteiger partial charge >= 0.3 is 5.97 Å². The van der Waals surface area contributed by atoms with Gasteiger partial charge in [-0.15, -0.1) is 0 Å². The van der Waals surface area contributed by atoms with Crippen LogP contribution in [-0.4, -0.2) is 17.2 Å². The Morgan fingerprint density at radius 2 is 1.61 bits per heavy atom. The Bertz CT molecular complexity index is 932. The van der Waals surface area contributed by atoms with Crippen LogP contribution in [0.15, 0.2) is 72.8 Å². The first-order chi connectivity index (χ1) is 13.5. The zero-order valence-electron chi connectivity index (χ0n) is 16.1. The van der Waals surface area contributed by atoms with Gasteiger partial charge in [0.1, 0.15) is 18.1 Å². The molecule has 0 bridgehead atoms. The number of carboxylic acids is 1. The van der Waals surface area contributed by atoms with Gasteiger partial charge in [-0.3, -0.25) is 4.79 Å². The summed E-state index contributed by atoms with van der Waals surface area (Å²) in [5.74, 6) is 0.554. The Morgan fingerprint density at radius 3 is 2.32 bits per heavy atom. The first kappa shape index (κ1) is 19.5. The topological polar surface area (TPSA) is 55.8 Å². The molecule has 3 aromatic carbocycles. The van der Waals surface area contributed by atoms with E-state index in [0.29, 0.717) is 17.9 Å². The Kier molecular flexibility index (Phi) is 6.33. The lowest BCUT2D eigenvalue weighted by atomic mass is 10.0. The van der Waals surface area contributed by atoms with Crippen LogP contribution in [0.5, 0.6) is 11.5 Å². The van der Waals surface area contributed by atoms with E-state index in [1.165, 1.54) is 0 Å². The molecule has 0 spiro atoms. The maximum absolute atomic E-state index is 11.2. The lowest BCUT2D eigenvalue weighted by Gasteiger charge is -2.13. The molecular weight excluding hydrogens is 352 g/mol. The molecule has 0 aliphatic rings.